The molecule has 2 saturated heterocycles. The number of nitrogens with one attached hydrogen (secondary N) is 1. The van der Waals surface area contributed by atoms with Gasteiger partial charge in [-0.15, -0.1) is 0 Å². The SMILES string of the molecule is C=Cc1c(C(=C)NC2CCN(C)CC2)cc(N2CCCC2)nc1C(=C)C(F)(F)F. The van der Waals surface area contributed by atoms with E-state index >= 15 is 0 Å². The molecule has 0 bridgehead atoms. The molecule has 3 heterocycles. The fraction of sp³-hybridized carbons (Fsp3) is 0.500. The first-order valence-electron chi connectivity index (χ1n) is 10.0. The number of pyridine rings is 1. The van der Waals surface area contributed by atoms with E-state index in [0.29, 0.717) is 22.6 Å². The van der Waals surface area contributed by atoms with Crippen molar-refractivity contribution in [3.05, 3.63) is 42.6 Å². The van der Waals surface area contributed by atoms with E-state index in [9.17, 15) is 13.2 Å². The first kappa shape index (κ1) is 21.4. The average Bonchev–Trinajstić information content (AvgIpc) is 3.22. The molecule has 3 rings (SSSR count). The van der Waals surface area contributed by atoms with Crippen LogP contribution in [-0.4, -0.2) is 55.3 Å². The normalized spacial score (nSPS) is 18.7. The van der Waals surface area contributed by atoms with Gasteiger partial charge in [-0.3, -0.25) is 0 Å². The molecule has 29 heavy (non-hydrogen) atoms. The summed E-state index contributed by atoms with van der Waals surface area (Å²) >= 11 is 0. The van der Waals surface area contributed by atoms with E-state index in [4.69, 9.17) is 0 Å². The Bertz CT molecular complexity index is 786. The highest BCUT2D eigenvalue weighted by molar-refractivity contribution is 5.82. The highest BCUT2D eigenvalue weighted by Crippen LogP contribution is 2.37. The van der Waals surface area contributed by atoms with Crippen LogP contribution < -0.4 is 10.2 Å². The van der Waals surface area contributed by atoms with Crippen LogP contribution in [0.2, 0.25) is 0 Å². The van der Waals surface area contributed by atoms with Gasteiger partial charge in [-0.25, -0.2) is 4.98 Å². The summed E-state index contributed by atoms with van der Waals surface area (Å²) in [5.41, 5.74) is 0.408. The Morgan fingerprint density at radius 2 is 1.79 bits per heavy atom. The molecule has 0 aliphatic carbocycles. The van der Waals surface area contributed by atoms with Crippen molar-refractivity contribution in [2.75, 3.05) is 38.1 Å². The summed E-state index contributed by atoms with van der Waals surface area (Å²) in [7, 11) is 2.08. The van der Waals surface area contributed by atoms with Gasteiger partial charge in [0.1, 0.15) is 5.82 Å². The average molecular weight is 406 g/mol. The van der Waals surface area contributed by atoms with Gasteiger partial charge in [0.05, 0.1) is 11.3 Å². The second-order valence-corrected chi connectivity index (χ2v) is 7.87. The molecule has 0 amide bonds. The topological polar surface area (TPSA) is 31.4 Å². The number of allylic oxidation sites excluding steroid dienone is 1. The van der Waals surface area contributed by atoms with Crippen molar-refractivity contribution in [3.63, 3.8) is 0 Å². The van der Waals surface area contributed by atoms with Gasteiger partial charge >= 0.3 is 6.18 Å². The van der Waals surface area contributed by atoms with Crippen molar-refractivity contribution in [2.24, 2.45) is 0 Å². The lowest BCUT2D eigenvalue weighted by Gasteiger charge is -2.31. The summed E-state index contributed by atoms with van der Waals surface area (Å²) in [6, 6.07) is 2.08. The minimum Gasteiger partial charge on any atom is -0.382 e. The summed E-state index contributed by atoms with van der Waals surface area (Å²) in [6.45, 7) is 14.7. The first-order valence-corrected chi connectivity index (χ1v) is 10.0. The number of nitrogens with zero attached hydrogens (tertiary/aromatic N) is 3. The third-order valence-corrected chi connectivity index (χ3v) is 5.73. The molecule has 0 atom stereocenters. The number of halogens is 3. The molecule has 1 aromatic rings. The third kappa shape index (κ3) is 4.83. The molecule has 1 aromatic heterocycles. The van der Waals surface area contributed by atoms with E-state index in [2.05, 4.69) is 42.0 Å². The van der Waals surface area contributed by atoms with Gasteiger partial charge in [-0.1, -0.05) is 25.8 Å². The molecular weight excluding hydrogens is 377 g/mol. The highest BCUT2D eigenvalue weighted by atomic mass is 19.4. The van der Waals surface area contributed by atoms with Gasteiger partial charge in [0, 0.05) is 36.0 Å². The van der Waals surface area contributed by atoms with E-state index < -0.39 is 11.7 Å². The van der Waals surface area contributed by atoms with Crippen molar-refractivity contribution in [1.29, 1.82) is 0 Å². The molecule has 2 fully saturated rings. The lowest BCUT2D eigenvalue weighted by atomic mass is 9.97. The largest absolute Gasteiger partial charge is 0.417 e. The number of anilines is 1. The Kier molecular flexibility index (Phi) is 6.36. The molecule has 0 spiro atoms. The number of aromatic nitrogens is 1. The summed E-state index contributed by atoms with van der Waals surface area (Å²) < 4.78 is 40.4. The second kappa shape index (κ2) is 8.61. The van der Waals surface area contributed by atoms with E-state index in [1.54, 1.807) is 0 Å². The van der Waals surface area contributed by atoms with E-state index in [-0.39, 0.29) is 11.7 Å². The summed E-state index contributed by atoms with van der Waals surface area (Å²) in [5, 5.41) is 3.43. The highest BCUT2D eigenvalue weighted by Gasteiger charge is 2.36. The van der Waals surface area contributed by atoms with E-state index in [1.807, 2.05) is 11.0 Å². The molecule has 1 N–H and O–H groups in total. The number of likely N-dealkylation sites (tertiary alicyclic amines) is 1. The van der Waals surface area contributed by atoms with Crippen LogP contribution in [0.15, 0.2) is 25.8 Å². The molecule has 0 aromatic carbocycles. The van der Waals surface area contributed by atoms with Crippen molar-refractivity contribution in [1.82, 2.24) is 15.2 Å². The second-order valence-electron chi connectivity index (χ2n) is 7.87. The molecule has 4 nitrogen and oxygen atoms in total. The summed E-state index contributed by atoms with van der Waals surface area (Å²) in [5.74, 6) is 0.537. The van der Waals surface area contributed by atoms with Gasteiger partial charge in [0.25, 0.3) is 0 Å². The number of alkyl halides is 3. The summed E-state index contributed by atoms with van der Waals surface area (Å²) in [6.07, 6.45) is 0.795. The molecule has 7 heteroatoms. The van der Waals surface area contributed by atoms with Crippen molar-refractivity contribution in [3.8, 4) is 0 Å². The van der Waals surface area contributed by atoms with Crippen LogP contribution in [0.25, 0.3) is 17.3 Å². The first-order chi connectivity index (χ1) is 13.7. The van der Waals surface area contributed by atoms with Crippen LogP contribution in [0.4, 0.5) is 19.0 Å². The van der Waals surface area contributed by atoms with Crippen LogP contribution in [0.1, 0.15) is 42.5 Å². The molecule has 0 radical (unpaired) electrons. The summed E-state index contributed by atoms with van der Waals surface area (Å²) in [4.78, 5) is 8.63. The van der Waals surface area contributed by atoms with Crippen molar-refractivity contribution >= 4 is 23.2 Å². The zero-order chi connectivity index (χ0) is 21.2. The maximum absolute atomic E-state index is 13.5. The van der Waals surface area contributed by atoms with E-state index in [0.717, 1.165) is 51.9 Å². The van der Waals surface area contributed by atoms with Gasteiger partial charge in [-0.2, -0.15) is 13.2 Å². The van der Waals surface area contributed by atoms with Crippen LogP contribution in [0.5, 0.6) is 0 Å². The molecule has 2 aliphatic heterocycles. The monoisotopic (exact) mass is 406 g/mol. The van der Waals surface area contributed by atoms with Gasteiger partial charge in [0.2, 0.25) is 0 Å². The lowest BCUT2D eigenvalue weighted by molar-refractivity contribution is -0.0689. The fourth-order valence-corrected chi connectivity index (χ4v) is 3.95. The van der Waals surface area contributed by atoms with Crippen LogP contribution in [0, 0.1) is 0 Å². The number of hydrogen-bond acceptors (Lipinski definition) is 4. The van der Waals surface area contributed by atoms with Crippen LogP contribution in [0.3, 0.4) is 0 Å². The minimum absolute atomic E-state index is 0.168. The van der Waals surface area contributed by atoms with Gasteiger partial charge < -0.3 is 15.1 Å². The van der Waals surface area contributed by atoms with Crippen molar-refractivity contribution in [2.45, 2.75) is 37.9 Å². The lowest BCUT2D eigenvalue weighted by Crippen LogP contribution is -2.40. The molecule has 0 saturated carbocycles. The Balaban J connectivity index is 1.99. The zero-order valence-corrected chi connectivity index (χ0v) is 17.0. The molecule has 0 unspecified atom stereocenters. The molecule has 158 valence electrons. The maximum atomic E-state index is 13.5. The Morgan fingerprint density at radius 3 is 2.34 bits per heavy atom. The Morgan fingerprint density at radius 1 is 1.17 bits per heavy atom. The van der Waals surface area contributed by atoms with Gasteiger partial charge in [-0.05, 0) is 51.9 Å². The molecular formula is C22H29F3N4. The minimum atomic E-state index is -4.56. The van der Waals surface area contributed by atoms with Crippen LogP contribution in [-0.2, 0) is 0 Å². The Labute approximate surface area is 170 Å². The van der Waals surface area contributed by atoms with E-state index in [1.165, 1.54) is 6.08 Å². The third-order valence-electron chi connectivity index (χ3n) is 5.73. The predicted octanol–water partition coefficient (Wildman–Crippen LogP) is 4.55. The smallest absolute Gasteiger partial charge is 0.382 e. The number of rotatable bonds is 6. The fourth-order valence-electron chi connectivity index (χ4n) is 3.95. The molecule has 2 aliphatic rings. The Hall–Kier alpha value is -2.28. The number of piperidine rings is 1. The number of hydrogen-bond donors (Lipinski definition) is 1. The van der Waals surface area contributed by atoms with Crippen molar-refractivity contribution < 1.29 is 13.2 Å². The quantitative estimate of drug-likeness (QED) is 0.751. The standard InChI is InChI=1S/C22H29F3N4/c1-5-18-19(16(3)26-17-8-12-28(4)13-9-17)14-20(29-10-6-7-11-29)27-21(18)15(2)22(23,24)25/h5,14,17,26H,1-3,6-13H2,4H3. The van der Waals surface area contributed by atoms with Crippen LogP contribution >= 0.6 is 0 Å². The van der Waals surface area contributed by atoms with Gasteiger partial charge in [0.15, 0.2) is 0 Å². The predicted molar refractivity (Wildman–Crippen MR) is 114 cm³/mol. The zero-order valence-electron chi connectivity index (χ0n) is 17.0. The maximum Gasteiger partial charge on any atom is 0.417 e.